The van der Waals surface area contributed by atoms with Gasteiger partial charge in [-0.3, -0.25) is 4.79 Å². The molecule has 2 rings (SSSR count). The van der Waals surface area contributed by atoms with Gasteiger partial charge in [-0.15, -0.1) is 5.10 Å². The molecule has 1 N–H and O–H groups in total. The number of amides is 1. The van der Waals surface area contributed by atoms with Gasteiger partial charge in [0.1, 0.15) is 0 Å². The summed E-state index contributed by atoms with van der Waals surface area (Å²) in [6.07, 6.45) is 2.50. The summed E-state index contributed by atoms with van der Waals surface area (Å²) < 4.78 is 0. The minimum atomic E-state index is 0.307. The van der Waals surface area contributed by atoms with Crippen LogP contribution in [0.4, 0.5) is 11.8 Å². The van der Waals surface area contributed by atoms with E-state index in [4.69, 9.17) is 0 Å². The molecule has 0 bridgehead atoms. The van der Waals surface area contributed by atoms with Gasteiger partial charge in [0.15, 0.2) is 5.82 Å². The Hall–Kier alpha value is -1.92. The zero-order chi connectivity index (χ0) is 13.0. The Balaban J connectivity index is 2.02. The fraction of sp³-hybridized carbons (Fsp3) is 0.636. The molecular formula is C11H18N6O. The number of piperazine rings is 1. The van der Waals surface area contributed by atoms with Gasteiger partial charge in [0.2, 0.25) is 12.4 Å². The number of hydrogen-bond donors (Lipinski definition) is 1. The third-order valence-electron chi connectivity index (χ3n) is 2.73. The normalized spacial score (nSPS) is 15.9. The Bertz CT molecular complexity index is 402. The van der Waals surface area contributed by atoms with Crippen LogP contribution in [0.2, 0.25) is 0 Å². The molecule has 1 amide bonds. The van der Waals surface area contributed by atoms with Gasteiger partial charge in [-0.05, 0) is 13.8 Å². The molecule has 1 aliphatic rings. The van der Waals surface area contributed by atoms with Crippen LogP contribution in [0, 0.1) is 0 Å². The lowest BCUT2D eigenvalue weighted by Gasteiger charge is -2.32. The number of nitrogens with zero attached hydrogens (tertiary/aromatic N) is 5. The molecule has 0 aliphatic carbocycles. The van der Waals surface area contributed by atoms with Crippen molar-refractivity contribution < 1.29 is 4.79 Å². The Morgan fingerprint density at radius 1 is 1.33 bits per heavy atom. The van der Waals surface area contributed by atoms with Gasteiger partial charge in [0, 0.05) is 32.2 Å². The molecule has 0 radical (unpaired) electrons. The minimum Gasteiger partial charge on any atom is -0.366 e. The van der Waals surface area contributed by atoms with Gasteiger partial charge in [-0.25, -0.2) is 0 Å². The number of carbonyl (C=O) groups excluding carboxylic acids is 1. The average molecular weight is 250 g/mol. The lowest BCUT2D eigenvalue weighted by Crippen LogP contribution is -2.46. The van der Waals surface area contributed by atoms with Crippen molar-refractivity contribution in [1.82, 2.24) is 20.1 Å². The summed E-state index contributed by atoms with van der Waals surface area (Å²) in [4.78, 5) is 18.8. The molecule has 0 aromatic carbocycles. The molecule has 0 spiro atoms. The van der Waals surface area contributed by atoms with Gasteiger partial charge in [0.25, 0.3) is 0 Å². The number of nitrogens with one attached hydrogen (secondary N) is 1. The standard InChI is InChI=1S/C11H18N6O/c1-9(2)13-10-7-12-15-11(14-10)17-5-3-16(8-18)4-6-17/h7-9H,3-6H2,1-2H3,(H,13,14,15). The van der Waals surface area contributed by atoms with Crippen LogP contribution in [0.5, 0.6) is 0 Å². The molecule has 1 aromatic rings. The van der Waals surface area contributed by atoms with Crippen molar-refractivity contribution in [3.05, 3.63) is 6.20 Å². The fourth-order valence-electron chi connectivity index (χ4n) is 1.82. The number of rotatable bonds is 4. The minimum absolute atomic E-state index is 0.307. The van der Waals surface area contributed by atoms with Crippen molar-refractivity contribution in [2.45, 2.75) is 19.9 Å². The summed E-state index contributed by atoms with van der Waals surface area (Å²) in [6, 6.07) is 0.307. The van der Waals surface area contributed by atoms with Crippen molar-refractivity contribution in [3.63, 3.8) is 0 Å². The Labute approximate surface area is 106 Å². The number of anilines is 2. The van der Waals surface area contributed by atoms with E-state index in [2.05, 4.69) is 20.5 Å². The second-order valence-electron chi connectivity index (χ2n) is 4.57. The number of aromatic nitrogens is 3. The van der Waals surface area contributed by atoms with Gasteiger partial charge < -0.3 is 15.1 Å². The first kappa shape index (κ1) is 12.5. The van der Waals surface area contributed by atoms with Crippen LogP contribution in [0.3, 0.4) is 0 Å². The van der Waals surface area contributed by atoms with E-state index in [1.54, 1.807) is 11.1 Å². The van der Waals surface area contributed by atoms with Crippen molar-refractivity contribution in [2.75, 3.05) is 36.4 Å². The third kappa shape index (κ3) is 3.06. The molecule has 7 heteroatoms. The Kier molecular flexibility index (Phi) is 3.91. The average Bonchev–Trinajstić information content (AvgIpc) is 2.38. The number of carbonyl (C=O) groups is 1. The Morgan fingerprint density at radius 2 is 2.06 bits per heavy atom. The molecule has 1 saturated heterocycles. The number of hydrogen-bond acceptors (Lipinski definition) is 6. The third-order valence-corrected chi connectivity index (χ3v) is 2.73. The van der Waals surface area contributed by atoms with Gasteiger partial charge >= 0.3 is 0 Å². The van der Waals surface area contributed by atoms with Crippen LogP contribution in [0.25, 0.3) is 0 Å². The van der Waals surface area contributed by atoms with Crippen molar-refractivity contribution in [1.29, 1.82) is 0 Å². The summed E-state index contributed by atoms with van der Waals surface area (Å²) in [6.45, 7) is 6.98. The summed E-state index contributed by atoms with van der Waals surface area (Å²) in [5, 5.41) is 11.2. The molecule has 0 saturated carbocycles. The molecule has 98 valence electrons. The van der Waals surface area contributed by atoms with E-state index >= 15 is 0 Å². The largest absolute Gasteiger partial charge is 0.366 e. The predicted molar refractivity (Wildman–Crippen MR) is 68.4 cm³/mol. The molecule has 0 atom stereocenters. The van der Waals surface area contributed by atoms with E-state index in [0.717, 1.165) is 25.3 Å². The van der Waals surface area contributed by atoms with Crippen LogP contribution in [0.1, 0.15) is 13.8 Å². The maximum atomic E-state index is 10.6. The van der Waals surface area contributed by atoms with Gasteiger partial charge in [-0.2, -0.15) is 10.1 Å². The first-order valence-electron chi connectivity index (χ1n) is 6.09. The van der Waals surface area contributed by atoms with Crippen LogP contribution in [-0.2, 0) is 4.79 Å². The molecule has 2 heterocycles. The maximum absolute atomic E-state index is 10.6. The lowest BCUT2D eigenvalue weighted by atomic mass is 10.3. The van der Waals surface area contributed by atoms with Crippen LogP contribution in [0.15, 0.2) is 6.20 Å². The van der Waals surface area contributed by atoms with E-state index in [1.807, 2.05) is 18.7 Å². The topological polar surface area (TPSA) is 74.2 Å². The summed E-state index contributed by atoms with van der Waals surface area (Å²) >= 11 is 0. The smallest absolute Gasteiger partial charge is 0.247 e. The quantitative estimate of drug-likeness (QED) is 0.756. The highest BCUT2D eigenvalue weighted by atomic mass is 16.1. The molecule has 18 heavy (non-hydrogen) atoms. The highest BCUT2D eigenvalue weighted by molar-refractivity contribution is 5.48. The second-order valence-corrected chi connectivity index (χ2v) is 4.57. The van der Waals surface area contributed by atoms with E-state index in [0.29, 0.717) is 25.1 Å². The second kappa shape index (κ2) is 5.61. The molecule has 1 fully saturated rings. The fourth-order valence-corrected chi connectivity index (χ4v) is 1.82. The van der Waals surface area contributed by atoms with Crippen LogP contribution < -0.4 is 10.2 Å². The van der Waals surface area contributed by atoms with Gasteiger partial charge in [-0.1, -0.05) is 0 Å². The Morgan fingerprint density at radius 3 is 2.67 bits per heavy atom. The molecule has 1 aromatic heterocycles. The highest BCUT2D eigenvalue weighted by Gasteiger charge is 2.18. The monoisotopic (exact) mass is 250 g/mol. The van der Waals surface area contributed by atoms with Crippen molar-refractivity contribution in [3.8, 4) is 0 Å². The van der Waals surface area contributed by atoms with E-state index in [9.17, 15) is 4.79 Å². The molecule has 0 unspecified atom stereocenters. The zero-order valence-electron chi connectivity index (χ0n) is 10.7. The van der Waals surface area contributed by atoms with Gasteiger partial charge in [0.05, 0.1) is 6.20 Å². The van der Waals surface area contributed by atoms with E-state index < -0.39 is 0 Å². The first-order valence-corrected chi connectivity index (χ1v) is 6.09. The zero-order valence-corrected chi connectivity index (χ0v) is 10.7. The lowest BCUT2D eigenvalue weighted by molar-refractivity contribution is -0.118. The van der Waals surface area contributed by atoms with Crippen molar-refractivity contribution >= 4 is 18.2 Å². The molecule has 1 aliphatic heterocycles. The summed E-state index contributed by atoms with van der Waals surface area (Å²) in [7, 11) is 0. The van der Waals surface area contributed by atoms with Crippen molar-refractivity contribution in [2.24, 2.45) is 0 Å². The van der Waals surface area contributed by atoms with E-state index in [1.165, 1.54) is 0 Å². The summed E-state index contributed by atoms with van der Waals surface area (Å²) in [5.74, 6) is 1.35. The van der Waals surface area contributed by atoms with Crippen LogP contribution >= 0.6 is 0 Å². The first-order chi connectivity index (χ1) is 8.69. The molecular weight excluding hydrogens is 232 g/mol. The maximum Gasteiger partial charge on any atom is 0.247 e. The highest BCUT2D eigenvalue weighted by Crippen LogP contribution is 2.12. The molecule has 7 nitrogen and oxygen atoms in total. The SMILES string of the molecule is CC(C)Nc1cnnc(N2CCN(C=O)CC2)n1. The summed E-state index contributed by atoms with van der Waals surface area (Å²) in [5.41, 5.74) is 0. The van der Waals surface area contributed by atoms with E-state index in [-0.39, 0.29) is 0 Å². The predicted octanol–water partition coefficient (Wildman–Crippen LogP) is -0.0297. The van der Waals surface area contributed by atoms with Crippen LogP contribution in [-0.4, -0.2) is 58.7 Å².